The van der Waals surface area contributed by atoms with Crippen LogP contribution in [-0.4, -0.2) is 19.3 Å². The Labute approximate surface area is 90.2 Å². The van der Waals surface area contributed by atoms with Gasteiger partial charge in [0.1, 0.15) is 18.8 Å². The molecule has 1 aromatic carbocycles. The van der Waals surface area contributed by atoms with Crippen LogP contribution in [0.25, 0.3) is 0 Å². The minimum absolute atomic E-state index is 0.214. The molecule has 0 radical (unpaired) electrons. The number of rotatable bonds is 4. The van der Waals surface area contributed by atoms with Gasteiger partial charge in [0.15, 0.2) is 0 Å². The summed E-state index contributed by atoms with van der Waals surface area (Å²) in [7, 11) is 0. The Morgan fingerprint density at radius 3 is 2.87 bits per heavy atom. The molecule has 0 amide bonds. The van der Waals surface area contributed by atoms with Gasteiger partial charge >= 0.3 is 0 Å². The average molecular weight is 202 g/mol. The first kappa shape index (κ1) is 10.2. The van der Waals surface area contributed by atoms with Gasteiger partial charge in [-0.1, -0.05) is 36.3 Å². The highest BCUT2D eigenvalue weighted by Crippen LogP contribution is 2.38. The summed E-state index contributed by atoms with van der Waals surface area (Å²) in [6.07, 6.45) is 0.437. The fourth-order valence-corrected chi connectivity index (χ4v) is 1.50. The molecule has 1 heterocycles. The highest BCUT2D eigenvalue weighted by atomic mass is 16.6. The molecule has 2 atom stereocenters. The van der Waals surface area contributed by atoms with Crippen LogP contribution in [0.3, 0.4) is 0 Å². The molecule has 78 valence electrons. The lowest BCUT2D eigenvalue weighted by Crippen LogP contribution is -2.02. The molecule has 0 bridgehead atoms. The Kier molecular flexibility index (Phi) is 3.39. The Morgan fingerprint density at radius 2 is 2.13 bits per heavy atom. The minimum Gasteiger partial charge on any atom is -0.366 e. The molecule has 1 aliphatic rings. The van der Waals surface area contributed by atoms with Crippen molar-refractivity contribution in [2.45, 2.75) is 19.1 Å². The summed E-state index contributed by atoms with van der Waals surface area (Å²) in [6, 6.07) is 10.2. The second-order valence-corrected chi connectivity index (χ2v) is 3.45. The highest BCUT2D eigenvalue weighted by Gasteiger charge is 2.39. The van der Waals surface area contributed by atoms with Crippen molar-refractivity contribution in [3.8, 4) is 11.8 Å². The standard InChI is InChI=1S/C13H14O2/c1-2-3-9-14-10-12-13(15-12)11-7-5-4-6-8-11/h4-8,12-13H,9-10H2,1H3/t12-,13-/m0/s1. The molecular formula is C13H14O2. The number of hydrogen-bond donors (Lipinski definition) is 0. The molecule has 0 aliphatic carbocycles. The first-order chi connectivity index (χ1) is 7.42. The van der Waals surface area contributed by atoms with Crippen LogP contribution in [0.15, 0.2) is 30.3 Å². The number of hydrogen-bond acceptors (Lipinski definition) is 2. The molecule has 0 N–H and O–H groups in total. The third kappa shape index (κ3) is 2.82. The van der Waals surface area contributed by atoms with Gasteiger partial charge in [-0.05, 0) is 12.5 Å². The first-order valence-electron chi connectivity index (χ1n) is 5.09. The Morgan fingerprint density at radius 1 is 1.33 bits per heavy atom. The molecule has 1 fully saturated rings. The SMILES string of the molecule is CC#CCOC[C@@H]1O[C@H]1c1ccccc1. The summed E-state index contributed by atoms with van der Waals surface area (Å²) in [5.41, 5.74) is 1.23. The Bertz CT molecular complexity index is 361. The van der Waals surface area contributed by atoms with E-state index in [1.807, 2.05) is 25.1 Å². The van der Waals surface area contributed by atoms with E-state index in [2.05, 4.69) is 24.0 Å². The van der Waals surface area contributed by atoms with E-state index in [4.69, 9.17) is 9.47 Å². The second kappa shape index (κ2) is 4.97. The van der Waals surface area contributed by atoms with Gasteiger partial charge in [-0.15, -0.1) is 5.92 Å². The Balaban J connectivity index is 1.74. The second-order valence-electron chi connectivity index (χ2n) is 3.45. The van der Waals surface area contributed by atoms with Gasteiger partial charge in [0.25, 0.3) is 0 Å². The van der Waals surface area contributed by atoms with Crippen LogP contribution in [0.2, 0.25) is 0 Å². The maximum Gasteiger partial charge on any atom is 0.112 e. The van der Waals surface area contributed by atoms with Gasteiger partial charge in [0, 0.05) is 0 Å². The molecule has 0 unspecified atom stereocenters. The fourth-order valence-electron chi connectivity index (χ4n) is 1.50. The summed E-state index contributed by atoms with van der Waals surface area (Å²) in [6.45, 7) is 2.94. The van der Waals surface area contributed by atoms with E-state index in [1.165, 1.54) is 5.56 Å². The van der Waals surface area contributed by atoms with Crippen LogP contribution in [0.1, 0.15) is 18.6 Å². The Hall–Kier alpha value is -1.30. The smallest absolute Gasteiger partial charge is 0.112 e. The van der Waals surface area contributed by atoms with E-state index in [0.29, 0.717) is 13.2 Å². The molecule has 0 spiro atoms. The fraction of sp³-hybridized carbons (Fsp3) is 0.385. The predicted molar refractivity (Wildman–Crippen MR) is 58.3 cm³/mol. The maximum absolute atomic E-state index is 5.51. The zero-order valence-corrected chi connectivity index (χ0v) is 8.77. The monoisotopic (exact) mass is 202 g/mol. The number of benzene rings is 1. The van der Waals surface area contributed by atoms with Crippen molar-refractivity contribution < 1.29 is 9.47 Å². The summed E-state index contributed by atoms with van der Waals surface area (Å²) < 4.78 is 10.9. The van der Waals surface area contributed by atoms with Crippen molar-refractivity contribution >= 4 is 0 Å². The lowest BCUT2D eigenvalue weighted by Gasteiger charge is -1.96. The molecule has 1 aromatic rings. The van der Waals surface area contributed by atoms with Crippen LogP contribution >= 0.6 is 0 Å². The largest absolute Gasteiger partial charge is 0.366 e. The topological polar surface area (TPSA) is 21.8 Å². The van der Waals surface area contributed by atoms with Gasteiger partial charge in [-0.25, -0.2) is 0 Å². The van der Waals surface area contributed by atoms with Crippen molar-refractivity contribution in [1.82, 2.24) is 0 Å². The van der Waals surface area contributed by atoms with Crippen molar-refractivity contribution in [3.05, 3.63) is 35.9 Å². The molecule has 15 heavy (non-hydrogen) atoms. The molecule has 1 aliphatic heterocycles. The molecule has 2 heteroatoms. The lowest BCUT2D eigenvalue weighted by atomic mass is 10.1. The zero-order chi connectivity index (χ0) is 10.5. The summed E-state index contributed by atoms with van der Waals surface area (Å²) in [5.74, 6) is 5.65. The quantitative estimate of drug-likeness (QED) is 0.424. The van der Waals surface area contributed by atoms with E-state index >= 15 is 0 Å². The molecule has 2 nitrogen and oxygen atoms in total. The highest BCUT2D eigenvalue weighted by molar-refractivity contribution is 5.22. The van der Waals surface area contributed by atoms with Crippen LogP contribution in [-0.2, 0) is 9.47 Å². The van der Waals surface area contributed by atoms with Crippen LogP contribution in [0.5, 0.6) is 0 Å². The summed E-state index contributed by atoms with van der Waals surface area (Å²) >= 11 is 0. The van der Waals surface area contributed by atoms with Gasteiger partial charge in [0.2, 0.25) is 0 Å². The maximum atomic E-state index is 5.51. The molecular weight excluding hydrogens is 188 g/mol. The average Bonchev–Trinajstić information content (AvgIpc) is 3.05. The minimum atomic E-state index is 0.214. The predicted octanol–water partition coefficient (Wildman–Crippen LogP) is 2.17. The summed E-state index contributed by atoms with van der Waals surface area (Å²) in [5, 5.41) is 0. The molecule has 1 saturated heterocycles. The van der Waals surface area contributed by atoms with Crippen LogP contribution in [0.4, 0.5) is 0 Å². The van der Waals surface area contributed by atoms with Gasteiger partial charge in [-0.2, -0.15) is 0 Å². The summed E-state index contributed by atoms with van der Waals surface area (Å²) in [4.78, 5) is 0. The van der Waals surface area contributed by atoms with E-state index in [0.717, 1.165) is 0 Å². The van der Waals surface area contributed by atoms with Crippen molar-refractivity contribution in [3.63, 3.8) is 0 Å². The third-order valence-corrected chi connectivity index (χ3v) is 2.34. The van der Waals surface area contributed by atoms with E-state index < -0.39 is 0 Å². The van der Waals surface area contributed by atoms with E-state index in [-0.39, 0.29) is 12.2 Å². The van der Waals surface area contributed by atoms with Crippen LogP contribution < -0.4 is 0 Å². The third-order valence-electron chi connectivity index (χ3n) is 2.34. The van der Waals surface area contributed by atoms with Crippen LogP contribution in [0, 0.1) is 11.8 Å². The molecule has 2 rings (SSSR count). The van der Waals surface area contributed by atoms with Gasteiger partial charge < -0.3 is 9.47 Å². The van der Waals surface area contributed by atoms with E-state index in [1.54, 1.807) is 0 Å². The van der Waals surface area contributed by atoms with Crippen molar-refractivity contribution in [2.75, 3.05) is 13.2 Å². The van der Waals surface area contributed by atoms with E-state index in [9.17, 15) is 0 Å². The molecule has 0 saturated carbocycles. The van der Waals surface area contributed by atoms with Crippen molar-refractivity contribution in [2.24, 2.45) is 0 Å². The molecule has 0 aromatic heterocycles. The van der Waals surface area contributed by atoms with Crippen molar-refractivity contribution in [1.29, 1.82) is 0 Å². The number of ether oxygens (including phenoxy) is 2. The zero-order valence-electron chi connectivity index (χ0n) is 8.77. The number of epoxide rings is 1. The normalized spacial score (nSPS) is 23.0. The van der Waals surface area contributed by atoms with Gasteiger partial charge in [0.05, 0.1) is 6.61 Å². The first-order valence-corrected chi connectivity index (χ1v) is 5.09. The van der Waals surface area contributed by atoms with Gasteiger partial charge in [-0.3, -0.25) is 0 Å². The lowest BCUT2D eigenvalue weighted by molar-refractivity contribution is 0.145.